The number of ether oxygens (including phenoxy) is 1. The lowest BCUT2D eigenvalue weighted by Gasteiger charge is -2.13. The van der Waals surface area contributed by atoms with Crippen molar-refractivity contribution in [2.24, 2.45) is 0 Å². The van der Waals surface area contributed by atoms with Crippen LogP contribution in [0.25, 0.3) is 0 Å². The van der Waals surface area contributed by atoms with Crippen LogP contribution in [0.15, 0.2) is 0 Å². The summed E-state index contributed by atoms with van der Waals surface area (Å²) < 4.78 is 5.12. The van der Waals surface area contributed by atoms with Crippen LogP contribution in [0.2, 0.25) is 0 Å². The van der Waals surface area contributed by atoms with Gasteiger partial charge in [0.1, 0.15) is 0 Å². The van der Waals surface area contributed by atoms with E-state index in [9.17, 15) is 4.79 Å². The van der Waals surface area contributed by atoms with Crippen LogP contribution in [-0.4, -0.2) is 17.6 Å². The van der Waals surface area contributed by atoms with Crippen molar-refractivity contribution in [2.75, 3.05) is 12.3 Å². The lowest BCUT2D eigenvalue weighted by atomic mass is 10.0. The standard InChI is InChI=1S/C14H18N2O2/c1-2-18-14(17)10-7-6-9-12(15)8-4-3-5-11(8)16-13(9)10/h10H,2-7H2,1H3,(H2,15,16). The summed E-state index contributed by atoms with van der Waals surface area (Å²) in [5.41, 5.74) is 11.4. The Hall–Kier alpha value is -1.58. The van der Waals surface area contributed by atoms with Gasteiger partial charge in [-0.25, -0.2) is 0 Å². The Bertz CT molecular complexity index is 511. The van der Waals surface area contributed by atoms with Crippen molar-refractivity contribution in [1.82, 2.24) is 4.98 Å². The number of aromatic nitrogens is 1. The predicted octanol–water partition coefficient (Wildman–Crippen LogP) is 1.75. The quantitative estimate of drug-likeness (QED) is 0.807. The van der Waals surface area contributed by atoms with Gasteiger partial charge in [-0.3, -0.25) is 9.78 Å². The van der Waals surface area contributed by atoms with E-state index in [0.29, 0.717) is 6.61 Å². The van der Waals surface area contributed by atoms with Crippen LogP contribution < -0.4 is 5.73 Å². The highest BCUT2D eigenvalue weighted by Crippen LogP contribution is 2.40. The zero-order valence-corrected chi connectivity index (χ0v) is 10.7. The van der Waals surface area contributed by atoms with Crippen molar-refractivity contribution in [1.29, 1.82) is 0 Å². The number of esters is 1. The van der Waals surface area contributed by atoms with Gasteiger partial charge in [0.2, 0.25) is 0 Å². The average Bonchev–Trinajstić information content (AvgIpc) is 2.95. The van der Waals surface area contributed by atoms with Crippen LogP contribution in [-0.2, 0) is 28.8 Å². The fraction of sp³-hybridized carbons (Fsp3) is 0.571. The number of nitrogens with zero attached hydrogens (tertiary/aromatic N) is 1. The van der Waals surface area contributed by atoms with Crippen molar-refractivity contribution < 1.29 is 9.53 Å². The summed E-state index contributed by atoms with van der Waals surface area (Å²) in [4.78, 5) is 16.6. The SMILES string of the molecule is CCOC(=O)C1CCc2c1nc1c(c2N)CCC1. The van der Waals surface area contributed by atoms with Gasteiger partial charge < -0.3 is 10.5 Å². The third kappa shape index (κ3) is 1.59. The number of carbonyl (C=O) groups is 1. The van der Waals surface area contributed by atoms with Crippen LogP contribution in [0.3, 0.4) is 0 Å². The van der Waals surface area contributed by atoms with Gasteiger partial charge in [-0.2, -0.15) is 0 Å². The minimum absolute atomic E-state index is 0.152. The van der Waals surface area contributed by atoms with Crippen LogP contribution in [0.1, 0.15) is 48.2 Å². The molecule has 96 valence electrons. The number of aryl methyl sites for hydroxylation is 1. The molecule has 1 heterocycles. The number of nitrogens with two attached hydrogens (primary N) is 1. The van der Waals surface area contributed by atoms with Gasteiger partial charge in [0.15, 0.2) is 0 Å². The maximum atomic E-state index is 11.9. The van der Waals surface area contributed by atoms with Gasteiger partial charge in [0, 0.05) is 11.4 Å². The summed E-state index contributed by atoms with van der Waals surface area (Å²) in [6, 6.07) is 0. The summed E-state index contributed by atoms with van der Waals surface area (Å²) in [6.07, 6.45) is 4.78. The molecule has 0 fully saturated rings. The van der Waals surface area contributed by atoms with E-state index < -0.39 is 0 Å². The number of fused-ring (bicyclic) bond motifs is 2. The first-order chi connectivity index (χ1) is 8.72. The summed E-state index contributed by atoms with van der Waals surface area (Å²) in [7, 11) is 0. The maximum absolute atomic E-state index is 11.9. The topological polar surface area (TPSA) is 65.2 Å². The molecule has 2 N–H and O–H groups in total. The molecule has 1 atom stereocenters. The second-order valence-corrected chi connectivity index (χ2v) is 5.01. The number of rotatable bonds is 2. The molecule has 1 aromatic heterocycles. The third-order valence-corrected chi connectivity index (χ3v) is 3.99. The molecule has 2 aliphatic carbocycles. The van der Waals surface area contributed by atoms with Gasteiger partial charge >= 0.3 is 5.97 Å². The molecule has 2 aliphatic rings. The van der Waals surface area contributed by atoms with Crippen molar-refractivity contribution in [3.8, 4) is 0 Å². The van der Waals surface area contributed by atoms with Gasteiger partial charge in [-0.05, 0) is 50.2 Å². The second kappa shape index (κ2) is 4.26. The number of pyridine rings is 1. The first-order valence-electron chi connectivity index (χ1n) is 6.69. The summed E-state index contributed by atoms with van der Waals surface area (Å²) in [6.45, 7) is 2.25. The highest BCUT2D eigenvalue weighted by molar-refractivity contribution is 5.80. The van der Waals surface area contributed by atoms with Crippen LogP contribution in [0.5, 0.6) is 0 Å². The second-order valence-electron chi connectivity index (χ2n) is 5.01. The summed E-state index contributed by atoms with van der Waals surface area (Å²) in [5.74, 6) is -0.353. The molecule has 0 bridgehead atoms. The Morgan fingerprint density at radius 1 is 1.39 bits per heavy atom. The Balaban J connectivity index is 2.02. The first-order valence-corrected chi connectivity index (χ1v) is 6.69. The number of hydrogen-bond acceptors (Lipinski definition) is 4. The van der Waals surface area contributed by atoms with Crippen molar-refractivity contribution >= 4 is 11.7 Å². The summed E-state index contributed by atoms with van der Waals surface area (Å²) in [5, 5.41) is 0. The largest absolute Gasteiger partial charge is 0.465 e. The molecule has 0 aliphatic heterocycles. The van der Waals surface area contributed by atoms with Crippen LogP contribution >= 0.6 is 0 Å². The Kier molecular flexibility index (Phi) is 2.73. The van der Waals surface area contributed by atoms with E-state index in [1.807, 2.05) is 6.92 Å². The Morgan fingerprint density at radius 2 is 2.22 bits per heavy atom. The molecular formula is C14H18N2O2. The van der Waals surface area contributed by atoms with Crippen molar-refractivity contribution in [2.45, 2.75) is 44.9 Å². The number of anilines is 1. The van der Waals surface area contributed by atoms with E-state index in [4.69, 9.17) is 15.5 Å². The molecule has 0 saturated carbocycles. The number of nitrogen functional groups attached to an aromatic ring is 1. The van der Waals surface area contributed by atoms with Crippen molar-refractivity contribution in [3.63, 3.8) is 0 Å². The molecule has 0 amide bonds. The van der Waals surface area contributed by atoms with E-state index in [2.05, 4.69) is 0 Å². The first kappa shape index (κ1) is 11.5. The van der Waals surface area contributed by atoms with E-state index in [0.717, 1.165) is 54.7 Å². The third-order valence-electron chi connectivity index (χ3n) is 3.99. The molecule has 0 spiro atoms. The van der Waals surface area contributed by atoms with Crippen molar-refractivity contribution in [3.05, 3.63) is 22.5 Å². The molecule has 0 aromatic carbocycles. The van der Waals surface area contributed by atoms with Gasteiger partial charge in [0.25, 0.3) is 0 Å². The zero-order valence-electron chi connectivity index (χ0n) is 10.7. The van der Waals surface area contributed by atoms with E-state index in [1.165, 1.54) is 5.56 Å². The zero-order chi connectivity index (χ0) is 12.7. The average molecular weight is 246 g/mol. The predicted molar refractivity (Wildman–Crippen MR) is 68.4 cm³/mol. The molecular weight excluding hydrogens is 228 g/mol. The lowest BCUT2D eigenvalue weighted by Crippen LogP contribution is -2.15. The van der Waals surface area contributed by atoms with Crippen LogP contribution in [0, 0.1) is 0 Å². The van der Waals surface area contributed by atoms with E-state index in [-0.39, 0.29) is 11.9 Å². The fourth-order valence-electron chi connectivity index (χ4n) is 3.12. The number of carbonyl (C=O) groups excluding carboxylic acids is 1. The fourth-order valence-corrected chi connectivity index (χ4v) is 3.12. The molecule has 4 nitrogen and oxygen atoms in total. The smallest absolute Gasteiger partial charge is 0.315 e. The molecule has 18 heavy (non-hydrogen) atoms. The van der Waals surface area contributed by atoms with Gasteiger partial charge in [-0.1, -0.05) is 0 Å². The highest BCUT2D eigenvalue weighted by Gasteiger charge is 2.35. The molecule has 3 rings (SSSR count). The van der Waals surface area contributed by atoms with Gasteiger partial charge in [-0.15, -0.1) is 0 Å². The lowest BCUT2D eigenvalue weighted by molar-refractivity contribution is -0.145. The summed E-state index contributed by atoms with van der Waals surface area (Å²) >= 11 is 0. The molecule has 1 unspecified atom stereocenters. The highest BCUT2D eigenvalue weighted by atomic mass is 16.5. The Morgan fingerprint density at radius 3 is 3.00 bits per heavy atom. The number of hydrogen-bond donors (Lipinski definition) is 1. The Labute approximate surface area is 107 Å². The molecule has 4 heteroatoms. The van der Waals surface area contributed by atoms with Crippen LogP contribution in [0.4, 0.5) is 5.69 Å². The van der Waals surface area contributed by atoms with E-state index in [1.54, 1.807) is 0 Å². The molecule has 0 saturated heterocycles. The van der Waals surface area contributed by atoms with Gasteiger partial charge in [0.05, 0.1) is 18.2 Å². The van der Waals surface area contributed by atoms with E-state index >= 15 is 0 Å². The maximum Gasteiger partial charge on any atom is 0.315 e. The normalized spacial score (nSPS) is 20.6. The minimum Gasteiger partial charge on any atom is -0.465 e. The monoisotopic (exact) mass is 246 g/mol. The minimum atomic E-state index is -0.201. The molecule has 0 radical (unpaired) electrons. The molecule has 1 aromatic rings.